The highest BCUT2D eigenvalue weighted by Gasteiger charge is 2.35. The van der Waals surface area contributed by atoms with Crippen molar-refractivity contribution in [3.8, 4) is 5.75 Å². The third-order valence-corrected chi connectivity index (χ3v) is 6.80. The molecule has 0 atom stereocenters. The first kappa shape index (κ1) is 27.8. The molecule has 0 radical (unpaired) electrons. The lowest BCUT2D eigenvalue weighted by molar-refractivity contribution is -0.143. The van der Waals surface area contributed by atoms with Gasteiger partial charge in [-0.3, -0.25) is 14.9 Å². The van der Waals surface area contributed by atoms with Crippen molar-refractivity contribution in [1.29, 1.82) is 0 Å². The number of ketones is 1. The standard InChI is InChI=1S/C34H35NO4/c1-38-33(37)26-31(36)23-22-27-14-11-12-21-32(27)39-25-13-24-35-34(28-15-5-2-6-16-28,29-17-7-3-8-18-29)30-19-9-4-10-20-30/h2-12,14-21,35H,13,22-26H2,1H3. The molecule has 0 saturated carbocycles. The predicted octanol–water partition coefficient (Wildman–Crippen LogP) is 6.10. The highest BCUT2D eigenvalue weighted by Crippen LogP contribution is 2.36. The number of rotatable bonds is 14. The number of nitrogens with one attached hydrogen (secondary N) is 1. The van der Waals surface area contributed by atoms with E-state index >= 15 is 0 Å². The number of methoxy groups -OCH3 is 1. The van der Waals surface area contributed by atoms with Gasteiger partial charge in [0, 0.05) is 6.42 Å². The number of carbonyl (C=O) groups is 2. The normalized spacial score (nSPS) is 11.1. The number of para-hydroxylation sites is 1. The highest BCUT2D eigenvalue weighted by molar-refractivity contribution is 5.95. The van der Waals surface area contributed by atoms with E-state index in [4.69, 9.17) is 4.74 Å². The first-order valence-electron chi connectivity index (χ1n) is 13.3. The van der Waals surface area contributed by atoms with Gasteiger partial charge in [0.05, 0.1) is 19.3 Å². The van der Waals surface area contributed by atoms with E-state index in [9.17, 15) is 9.59 Å². The van der Waals surface area contributed by atoms with Gasteiger partial charge in [-0.15, -0.1) is 0 Å². The van der Waals surface area contributed by atoms with Crippen LogP contribution in [0, 0.1) is 0 Å². The summed E-state index contributed by atoms with van der Waals surface area (Å²) >= 11 is 0. The number of benzene rings is 4. The van der Waals surface area contributed by atoms with Gasteiger partial charge in [-0.05, 0) is 47.7 Å². The Balaban J connectivity index is 1.45. The lowest BCUT2D eigenvalue weighted by Gasteiger charge is -2.37. The monoisotopic (exact) mass is 521 g/mol. The van der Waals surface area contributed by atoms with Gasteiger partial charge in [0.1, 0.15) is 18.0 Å². The average molecular weight is 522 g/mol. The number of aryl methyl sites for hydroxylation is 1. The van der Waals surface area contributed by atoms with E-state index < -0.39 is 11.5 Å². The Morgan fingerprint density at radius 2 is 1.23 bits per heavy atom. The number of esters is 1. The summed E-state index contributed by atoms with van der Waals surface area (Å²) in [5.74, 6) is 0.123. The molecule has 0 spiro atoms. The van der Waals surface area contributed by atoms with E-state index in [0.29, 0.717) is 13.0 Å². The Kier molecular flexibility index (Phi) is 10.0. The molecule has 5 nitrogen and oxygen atoms in total. The zero-order valence-electron chi connectivity index (χ0n) is 22.3. The fourth-order valence-corrected chi connectivity index (χ4v) is 4.85. The smallest absolute Gasteiger partial charge is 0.313 e. The zero-order chi connectivity index (χ0) is 27.3. The van der Waals surface area contributed by atoms with Crippen LogP contribution in [-0.2, 0) is 26.3 Å². The first-order chi connectivity index (χ1) is 19.1. The van der Waals surface area contributed by atoms with Gasteiger partial charge in [0.2, 0.25) is 0 Å². The topological polar surface area (TPSA) is 64.6 Å². The highest BCUT2D eigenvalue weighted by atomic mass is 16.5. The molecule has 0 aliphatic rings. The van der Waals surface area contributed by atoms with Crippen LogP contribution in [0.5, 0.6) is 5.75 Å². The number of Topliss-reactive ketones (excluding diaryl/α,β-unsaturated/α-hetero) is 1. The summed E-state index contributed by atoms with van der Waals surface area (Å²) in [6.45, 7) is 1.24. The Labute approximate surface area is 230 Å². The Hall–Kier alpha value is -4.22. The maximum Gasteiger partial charge on any atom is 0.313 e. The largest absolute Gasteiger partial charge is 0.493 e. The number of hydrogen-bond acceptors (Lipinski definition) is 5. The second kappa shape index (κ2) is 14.1. The molecule has 0 saturated heterocycles. The molecule has 0 aliphatic carbocycles. The van der Waals surface area contributed by atoms with Crippen LogP contribution in [0.25, 0.3) is 0 Å². The maximum atomic E-state index is 12.1. The van der Waals surface area contributed by atoms with Crippen molar-refractivity contribution in [2.45, 2.75) is 31.2 Å². The lowest BCUT2D eigenvalue weighted by Crippen LogP contribution is -2.45. The molecular formula is C34H35NO4. The minimum absolute atomic E-state index is 0.139. The summed E-state index contributed by atoms with van der Waals surface area (Å²) in [6, 6.07) is 39.3. The molecule has 1 N–H and O–H groups in total. The van der Waals surface area contributed by atoms with E-state index in [1.807, 2.05) is 42.5 Å². The van der Waals surface area contributed by atoms with E-state index in [-0.39, 0.29) is 18.6 Å². The summed E-state index contributed by atoms with van der Waals surface area (Å²) < 4.78 is 10.8. The van der Waals surface area contributed by atoms with Crippen molar-refractivity contribution in [3.63, 3.8) is 0 Å². The van der Waals surface area contributed by atoms with Crippen LogP contribution in [0.3, 0.4) is 0 Å². The van der Waals surface area contributed by atoms with E-state index in [2.05, 4.69) is 82.9 Å². The molecule has 0 unspecified atom stereocenters. The summed E-state index contributed by atoms with van der Waals surface area (Å²) in [5, 5.41) is 3.88. The van der Waals surface area contributed by atoms with E-state index in [1.165, 1.54) is 23.8 Å². The van der Waals surface area contributed by atoms with Gasteiger partial charge in [-0.25, -0.2) is 0 Å². The van der Waals surface area contributed by atoms with Crippen LogP contribution < -0.4 is 10.1 Å². The number of hydrogen-bond donors (Lipinski definition) is 1. The van der Waals surface area contributed by atoms with Gasteiger partial charge >= 0.3 is 5.97 Å². The van der Waals surface area contributed by atoms with Crippen molar-refractivity contribution in [3.05, 3.63) is 138 Å². The van der Waals surface area contributed by atoms with Gasteiger partial charge in [0.15, 0.2) is 0 Å². The molecule has 0 aromatic heterocycles. The zero-order valence-corrected chi connectivity index (χ0v) is 22.3. The van der Waals surface area contributed by atoms with Crippen molar-refractivity contribution >= 4 is 11.8 Å². The van der Waals surface area contributed by atoms with E-state index in [0.717, 1.165) is 24.3 Å². The van der Waals surface area contributed by atoms with Crippen LogP contribution >= 0.6 is 0 Å². The van der Waals surface area contributed by atoms with Gasteiger partial charge in [0.25, 0.3) is 0 Å². The van der Waals surface area contributed by atoms with Gasteiger partial charge in [-0.2, -0.15) is 0 Å². The van der Waals surface area contributed by atoms with Gasteiger partial charge in [-0.1, -0.05) is 109 Å². The predicted molar refractivity (Wildman–Crippen MR) is 154 cm³/mol. The number of carbonyl (C=O) groups excluding carboxylic acids is 2. The van der Waals surface area contributed by atoms with Crippen LogP contribution in [-0.4, -0.2) is 32.0 Å². The van der Waals surface area contributed by atoms with Crippen molar-refractivity contribution < 1.29 is 19.1 Å². The molecule has 0 heterocycles. The molecule has 4 rings (SSSR count). The average Bonchev–Trinajstić information content (AvgIpc) is 3.00. The van der Waals surface area contributed by atoms with Crippen LogP contribution in [0.4, 0.5) is 0 Å². The van der Waals surface area contributed by atoms with Crippen LogP contribution in [0.1, 0.15) is 41.5 Å². The third kappa shape index (κ3) is 7.21. The first-order valence-corrected chi connectivity index (χ1v) is 13.3. The molecule has 4 aromatic carbocycles. The lowest BCUT2D eigenvalue weighted by atomic mass is 9.77. The van der Waals surface area contributed by atoms with Gasteiger partial charge < -0.3 is 9.47 Å². The van der Waals surface area contributed by atoms with Crippen molar-refractivity contribution in [2.75, 3.05) is 20.3 Å². The molecule has 4 aromatic rings. The molecule has 0 amide bonds. The maximum absolute atomic E-state index is 12.1. The summed E-state index contributed by atoms with van der Waals surface area (Å²) in [5.41, 5.74) is 3.96. The molecule has 200 valence electrons. The number of ether oxygens (including phenoxy) is 2. The molecular weight excluding hydrogens is 486 g/mol. The molecule has 0 bridgehead atoms. The molecule has 5 heteroatoms. The minimum Gasteiger partial charge on any atom is -0.493 e. The quantitative estimate of drug-likeness (QED) is 0.0940. The fraction of sp³-hybridized carbons (Fsp3) is 0.235. The summed E-state index contributed by atoms with van der Waals surface area (Å²) in [7, 11) is 1.29. The second-order valence-electron chi connectivity index (χ2n) is 9.38. The van der Waals surface area contributed by atoms with Crippen molar-refractivity contribution in [1.82, 2.24) is 5.32 Å². The van der Waals surface area contributed by atoms with Crippen LogP contribution in [0.2, 0.25) is 0 Å². The summed E-state index contributed by atoms with van der Waals surface area (Å²) in [6.07, 6.45) is 1.37. The van der Waals surface area contributed by atoms with Crippen molar-refractivity contribution in [2.24, 2.45) is 0 Å². The van der Waals surface area contributed by atoms with Crippen LogP contribution in [0.15, 0.2) is 115 Å². The minimum atomic E-state index is -0.512. The SMILES string of the molecule is COC(=O)CC(=O)CCc1ccccc1OCCCNC(c1ccccc1)(c1ccccc1)c1ccccc1. The molecule has 0 aliphatic heterocycles. The Morgan fingerprint density at radius 3 is 1.77 bits per heavy atom. The van der Waals surface area contributed by atoms with E-state index in [1.54, 1.807) is 0 Å². The molecule has 0 fully saturated rings. The Morgan fingerprint density at radius 1 is 0.718 bits per heavy atom. The summed E-state index contributed by atoms with van der Waals surface area (Å²) in [4.78, 5) is 23.5. The second-order valence-corrected chi connectivity index (χ2v) is 9.38. The third-order valence-electron chi connectivity index (χ3n) is 6.80. The Bertz CT molecular complexity index is 1230. The molecule has 39 heavy (non-hydrogen) atoms. The fourth-order valence-electron chi connectivity index (χ4n) is 4.85.